The number of hydrogen-bond donors (Lipinski definition) is 1. The van der Waals surface area contributed by atoms with E-state index >= 15 is 0 Å². The molecule has 2 fully saturated rings. The van der Waals surface area contributed by atoms with Crippen molar-refractivity contribution in [3.8, 4) is 0 Å². The molecular weight excluding hydrogens is 394 g/mol. The fourth-order valence-electron chi connectivity index (χ4n) is 3.78. The molecule has 2 aliphatic heterocycles. The van der Waals surface area contributed by atoms with Crippen LogP contribution in [0.25, 0.3) is 0 Å². The van der Waals surface area contributed by atoms with E-state index in [1.54, 1.807) is 24.0 Å². The van der Waals surface area contributed by atoms with Crippen LogP contribution in [0.4, 0.5) is 10.5 Å². The van der Waals surface area contributed by atoms with Gasteiger partial charge in [-0.25, -0.2) is 13.2 Å². The van der Waals surface area contributed by atoms with Crippen LogP contribution in [0.1, 0.15) is 39.0 Å². The number of sulfonamides is 1. The number of nitrogens with one attached hydrogen (secondary N) is 1. The van der Waals surface area contributed by atoms with E-state index in [1.165, 1.54) is 16.4 Å². The summed E-state index contributed by atoms with van der Waals surface area (Å²) in [6.45, 7) is 4.08. The maximum atomic E-state index is 12.7. The van der Waals surface area contributed by atoms with Crippen LogP contribution in [0, 0.1) is 5.92 Å². The molecular formula is C20H29N3O5S. The Morgan fingerprint density at radius 1 is 1.07 bits per heavy atom. The van der Waals surface area contributed by atoms with Crippen LogP contribution < -0.4 is 5.32 Å². The van der Waals surface area contributed by atoms with Crippen molar-refractivity contribution >= 4 is 27.7 Å². The van der Waals surface area contributed by atoms with Gasteiger partial charge in [0.1, 0.15) is 0 Å². The summed E-state index contributed by atoms with van der Waals surface area (Å²) in [7, 11) is -3.49. The predicted octanol–water partition coefficient (Wildman–Crippen LogP) is 2.67. The fourth-order valence-corrected chi connectivity index (χ4v) is 5.30. The Labute approximate surface area is 172 Å². The highest BCUT2D eigenvalue weighted by Crippen LogP contribution is 2.23. The van der Waals surface area contributed by atoms with Crippen LogP contribution in [0.5, 0.6) is 0 Å². The molecule has 0 saturated carbocycles. The van der Waals surface area contributed by atoms with Crippen LogP contribution in [0.2, 0.25) is 0 Å². The second-order valence-corrected chi connectivity index (χ2v) is 9.40. The Morgan fingerprint density at radius 2 is 1.76 bits per heavy atom. The van der Waals surface area contributed by atoms with Crippen LogP contribution in [-0.4, -0.2) is 62.4 Å². The number of likely N-dealkylation sites (tertiary alicyclic amines) is 1. The normalized spacial score (nSPS) is 20.9. The Hall–Kier alpha value is -2.13. The summed E-state index contributed by atoms with van der Waals surface area (Å²) in [5.74, 6) is -0.490. The highest BCUT2D eigenvalue weighted by atomic mass is 32.2. The third kappa shape index (κ3) is 5.27. The van der Waals surface area contributed by atoms with Gasteiger partial charge < -0.3 is 15.0 Å². The average molecular weight is 424 g/mol. The fraction of sp³-hybridized carbons (Fsp3) is 0.600. The topological polar surface area (TPSA) is 96.0 Å². The summed E-state index contributed by atoms with van der Waals surface area (Å²) in [5, 5.41) is 2.84. The predicted molar refractivity (Wildman–Crippen MR) is 109 cm³/mol. The van der Waals surface area contributed by atoms with Gasteiger partial charge >= 0.3 is 6.09 Å². The molecule has 2 heterocycles. The lowest BCUT2D eigenvalue weighted by Gasteiger charge is -2.31. The number of amides is 2. The van der Waals surface area contributed by atoms with Crippen molar-refractivity contribution in [2.45, 2.75) is 43.9 Å². The van der Waals surface area contributed by atoms with Gasteiger partial charge in [0, 0.05) is 31.9 Å². The molecule has 0 unspecified atom stereocenters. The molecule has 0 bridgehead atoms. The molecule has 0 aliphatic carbocycles. The molecule has 2 saturated heterocycles. The summed E-state index contributed by atoms with van der Waals surface area (Å²) < 4.78 is 32.0. The van der Waals surface area contributed by atoms with E-state index in [-0.39, 0.29) is 16.7 Å². The van der Waals surface area contributed by atoms with Crippen molar-refractivity contribution in [1.82, 2.24) is 9.21 Å². The lowest BCUT2D eigenvalue weighted by Crippen LogP contribution is -2.44. The second kappa shape index (κ2) is 9.58. The lowest BCUT2D eigenvalue weighted by atomic mass is 9.97. The Morgan fingerprint density at radius 3 is 2.41 bits per heavy atom. The molecule has 1 N–H and O–H groups in total. The molecule has 3 rings (SSSR count). The molecule has 2 aliphatic rings. The SMILES string of the molecule is CCOC(=O)N1CCC[C@@H](C(=O)Nc2ccc(S(=O)(=O)N3CCCCC3)cc2)C1. The summed E-state index contributed by atoms with van der Waals surface area (Å²) in [5.41, 5.74) is 0.542. The number of piperidine rings is 2. The standard InChI is InChI=1S/C20H29N3O5S/c1-2-28-20(25)22-12-6-7-16(15-22)19(24)21-17-8-10-18(11-9-17)29(26,27)23-13-4-3-5-14-23/h8-11,16H,2-7,12-15H2,1H3,(H,21,24)/t16-/m1/s1. The molecule has 1 atom stereocenters. The zero-order valence-electron chi connectivity index (χ0n) is 16.8. The van der Waals surface area contributed by atoms with E-state index in [9.17, 15) is 18.0 Å². The Kier molecular flexibility index (Phi) is 7.13. The van der Waals surface area contributed by atoms with Gasteiger partial charge in [-0.1, -0.05) is 6.42 Å². The quantitative estimate of drug-likeness (QED) is 0.785. The molecule has 1 aromatic rings. The van der Waals surface area contributed by atoms with Crippen LogP contribution >= 0.6 is 0 Å². The maximum Gasteiger partial charge on any atom is 0.409 e. The lowest BCUT2D eigenvalue weighted by molar-refractivity contribution is -0.121. The molecule has 29 heavy (non-hydrogen) atoms. The summed E-state index contributed by atoms with van der Waals surface area (Å²) in [6.07, 6.45) is 3.88. The summed E-state index contributed by atoms with van der Waals surface area (Å²) in [6, 6.07) is 6.29. The van der Waals surface area contributed by atoms with Crippen molar-refractivity contribution in [2.75, 3.05) is 38.1 Å². The van der Waals surface area contributed by atoms with Gasteiger partial charge in [0.25, 0.3) is 0 Å². The maximum absolute atomic E-state index is 12.7. The van der Waals surface area contributed by atoms with E-state index in [1.807, 2.05) is 0 Å². The number of nitrogens with zero attached hydrogens (tertiary/aromatic N) is 2. The molecule has 0 spiro atoms. The first-order valence-electron chi connectivity index (χ1n) is 10.2. The first-order valence-corrected chi connectivity index (χ1v) is 11.7. The number of ether oxygens (including phenoxy) is 1. The van der Waals surface area contributed by atoms with Gasteiger partial charge in [-0.3, -0.25) is 4.79 Å². The van der Waals surface area contributed by atoms with Crippen molar-refractivity contribution in [3.05, 3.63) is 24.3 Å². The van der Waals surface area contributed by atoms with Crippen molar-refractivity contribution in [3.63, 3.8) is 0 Å². The van der Waals surface area contributed by atoms with E-state index in [2.05, 4.69) is 5.32 Å². The van der Waals surface area contributed by atoms with Crippen molar-refractivity contribution in [2.24, 2.45) is 5.92 Å². The molecule has 0 radical (unpaired) electrons. The van der Waals surface area contributed by atoms with Gasteiger partial charge in [-0.2, -0.15) is 4.31 Å². The zero-order valence-corrected chi connectivity index (χ0v) is 17.6. The molecule has 0 aromatic heterocycles. The largest absolute Gasteiger partial charge is 0.450 e. The van der Waals surface area contributed by atoms with Crippen LogP contribution in [-0.2, 0) is 19.6 Å². The number of rotatable bonds is 5. The van der Waals surface area contributed by atoms with E-state index in [0.717, 1.165) is 25.7 Å². The Balaban J connectivity index is 1.60. The molecule has 9 heteroatoms. The summed E-state index contributed by atoms with van der Waals surface area (Å²) in [4.78, 5) is 26.3. The Bertz CT molecular complexity index is 819. The third-order valence-electron chi connectivity index (χ3n) is 5.39. The highest BCUT2D eigenvalue weighted by Gasteiger charge is 2.29. The van der Waals surface area contributed by atoms with Crippen LogP contribution in [0.3, 0.4) is 0 Å². The molecule has 1 aromatic carbocycles. The minimum absolute atomic E-state index is 0.175. The second-order valence-electron chi connectivity index (χ2n) is 7.46. The monoisotopic (exact) mass is 423 g/mol. The minimum Gasteiger partial charge on any atom is -0.450 e. The smallest absolute Gasteiger partial charge is 0.409 e. The first-order chi connectivity index (χ1) is 13.9. The van der Waals surface area contributed by atoms with Gasteiger partial charge in [-0.15, -0.1) is 0 Å². The van der Waals surface area contributed by atoms with Crippen LogP contribution in [0.15, 0.2) is 29.2 Å². The van der Waals surface area contributed by atoms with Gasteiger partial charge in [0.15, 0.2) is 0 Å². The van der Waals surface area contributed by atoms with Gasteiger partial charge in [0.2, 0.25) is 15.9 Å². The number of benzene rings is 1. The minimum atomic E-state index is -3.49. The van der Waals surface area contributed by atoms with Gasteiger partial charge in [0.05, 0.1) is 17.4 Å². The van der Waals surface area contributed by atoms with E-state index in [4.69, 9.17) is 4.74 Å². The number of hydrogen-bond acceptors (Lipinski definition) is 5. The van der Waals surface area contributed by atoms with Crippen molar-refractivity contribution < 1.29 is 22.7 Å². The average Bonchev–Trinajstić information content (AvgIpc) is 2.75. The molecule has 160 valence electrons. The molecule has 2 amide bonds. The number of anilines is 1. The van der Waals surface area contributed by atoms with E-state index in [0.29, 0.717) is 44.9 Å². The molecule has 8 nitrogen and oxygen atoms in total. The van der Waals surface area contributed by atoms with Gasteiger partial charge in [-0.05, 0) is 56.9 Å². The summed E-state index contributed by atoms with van der Waals surface area (Å²) >= 11 is 0. The zero-order chi connectivity index (χ0) is 20.9. The first kappa shape index (κ1) is 21.6. The number of carbonyl (C=O) groups is 2. The van der Waals surface area contributed by atoms with Crippen molar-refractivity contribution in [1.29, 1.82) is 0 Å². The van der Waals surface area contributed by atoms with E-state index < -0.39 is 16.1 Å². The highest BCUT2D eigenvalue weighted by molar-refractivity contribution is 7.89. The number of carbonyl (C=O) groups excluding carboxylic acids is 2. The third-order valence-corrected chi connectivity index (χ3v) is 7.31.